The molecule has 0 amide bonds. The summed E-state index contributed by atoms with van der Waals surface area (Å²) in [5, 5.41) is 10.0. The Hall–Kier alpha value is -2.55. The number of ketones is 1. The Kier molecular flexibility index (Phi) is 4.94. The van der Waals surface area contributed by atoms with Gasteiger partial charge < -0.3 is 9.47 Å². The first kappa shape index (κ1) is 21.0. The van der Waals surface area contributed by atoms with Gasteiger partial charge in [0.1, 0.15) is 6.10 Å². The lowest BCUT2D eigenvalue weighted by molar-refractivity contribution is -0.307. The number of carbonyl (C=O) groups excluding carboxylic acids is 1. The van der Waals surface area contributed by atoms with Gasteiger partial charge in [0.2, 0.25) is 6.79 Å². The molecule has 0 spiro atoms. The number of hydrogen-bond acceptors (Lipinski definition) is 5. The van der Waals surface area contributed by atoms with Gasteiger partial charge in [0.25, 0.3) is 0 Å². The van der Waals surface area contributed by atoms with Crippen LogP contribution in [0.4, 0.5) is 0 Å². The lowest BCUT2D eigenvalue weighted by atomic mass is 9.53. The molecule has 2 saturated carbocycles. The number of hydrogen-bond donors (Lipinski definition) is 1. The van der Waals surface area contributed by atoms with Crippen molar-refractivity contribution in [3.8, 4) is 23.3 Å². The topological polar surface area (TPSA) is 65.0 Å². The van der Waals surface area contributed by atoms with Gasteiger partial charge in [0.05, 0.1) is 5.92 Å². The van der Waals surface area contributed by atoms with Crippen molar-refractivity contribution in [1.82, 2.24) is 0 Å². The maximum atomic E-state index is 12.2. The van der Waals surface area contributed by atoms with Gasteiger partial charge in [0, 0.05) is 17.8 Å². The van der Waals surface area contributed by atoms with E-state index in [0.29, 0.717) is 18.3 Å². The monoisotopic (exact) mass is 446 g/mol. The van der Waals surface area contributed by atoms with E-state index in [-0.39, 0.29) is 35.9 Å². The molecule has 0 aromatic heterocycles. The highest BCUT2D eigenvalue weighted by Crippen LogP contribution is 2.65. The van der Waals surface area contributed by atoms with Gasteiger partial charge in [-0.1, -0.05) is 24.5 Å². The Balaban J connectivity index is 1.52. The smallest absolute Gasteiger partial charge is 0.231 e. The fourth-order valence-corrected chi connectivity index (χ4v) is 7.61. The highest BCUT2D eigenvalue weighted by Gasteiger charge is 2.60. The second-order valence-corrected chi connectivity index (χ2v) is 10.5. The van der Waals surface area contributed by atoms with Gasteiger partial charge >= 0.3 is 0 Å². The molecular weight excluding hydrogens is 416 g/mol. The summed E-state index contributed by atoms with van der Waals surface area (Å²) in [6, 6.07) is 6.29. The average molecular weight is 447 g/mol. The molecule has 4 aliphatic carbocycles. The van der Waals surface area contributed by atoms with Crippen molar-refractivity contribution >= 4 is 5.78 Å². The van der Waals surface area contributed by atoms with E-state index in [4.69, 9.17) is 14.4 Å². The van der Waals surface area contributed by atoms with E-state index in [2.05, 4.69) is 30.9 Å². The number of carbonyl (C=O) groups is 1. The predicted molar refractivity (Wildman–Crippen MR) is 123 cm³/mol. The molecule has 5 heteroatoms. The number of benzene rings is 1. The third kappa shape index (κ3) is 3.11. The fraction of sp³-hybridized carbons (Fsp3) is 0.536. The largest absolute Gasteiger partial charge is 0.454 e. The molecule has 0 radical (unpaired) electrons. The van der Waals surface area contributed by atoms with Crippen LogP contribution in [0.3, 0.4) is 0 Å². The molecule has 1 N–H and O–H groups in total. The van der Waals surface area contributed by atoms with Crippen LogP contribution in [0.25, 0.3) is 0 Å². The fourth-order valence-electron chi connectivity index (χ4n) is 7.61. The molecule has 5 aliphatic rings. The molecular formula is C28H30O5. The van der Waals surface area contributed by atoms with E-state index in [1.54, 1.807) is 0 Å². The van der Waals surface area contributed by atoms with Gasteiger partial charge in [-0.3, -0.25) is 10.1 Å². The molecule has 1 aliphatic heterocycles. The minimum atomic E-state index is -0.303. The SMILES string of the molecule is CC#CC1C[C@H]2[C@@H]3CCC4=CC(=O)CCC4=C3[C@@H](c3ccc4c(c3)OCO4)C[C@]2(C)[C@H]1OO. The Labute approximate surface area is 194 Å². The highest BCUT2D eigenvalue weighted by molar-refractivity contribution is 5.93. The minimum Gasteiger partial charge on any atom is -0.454 e. The summed E-state index contributed by atoms with van der Waals surface area (Å²) < 4.78 is 11.3. The third-order valence-electron chi connectivity index (χ3n) is 8.93. The Morgan fingerprint density at radius 3 is 2.85 bits per heavy atom. The summed E-state index contributed by atoms with van der Waals surface area (Å²) in [4.78, 5) is 17.4. The summed E-state index contributed by atoms with van der Waals surface area (Å²) in [6.07, 6.45) is 6.82. The zero-order valence-electron chi connectivity index (χ0n) is 19.2. The van der Waals surface area contributed by atoms with Crippen LogP contribution in [-0.4, -0.2) is 23.9 Å². The van der Waals surface area contributed by atoms with Crippen LogP contribution in [0.2, 0.25) is 0 Å². The van der Waals surface area contributed by atoms with Crippen LogP contribution >= 0.6 is 0 Å². The molecule has 1 heterocycles. The van der Waals surface area contributed by atoms with Gasteiger partial charge in [-0.2, -0.15) is 0 Å². The van der Waals surface area contributed by atoms with E-state index in [1.165, 1.54) is 22.3 Å². The minimum absolute atomic E-state index is 0.0293. The second-order valence-electron chi connectivity index (χ2n) is 10.5. The Morgan fingerprint density at radius 2 is 2.03 bits per heavy atom. The van der Waals surface area contributed by atoms with Crippen LogP contribution in [0.1, 0.15) is 63.9 Å². The molecule has 1 unspecified atom stereocenters. The van der Waals surface area contributed by atoms with Gasteiger partial charge in [0.15, 0.2) is 17.3 Å². The first-order valence-electron chi connectivity index (χ1n) is 12.1. The van der Waals surface area contributed by atoms with Crippen LogP contribution in [0.5, 0.6) is 11.5 Å². The van der Waals surface area contributed by atoms with Crippen molar-refractivity contribution in [2.24, 2.45) is 23.2 Å². The zero-order chi connectivity index (χ0) is 22.7. The van der Waals surface area contributed by atoms with E-state index in [1.807, 2.05) is 19.1 Å². The van der Waals surface area contributed by atoms with Crippen molar-refractivity contribution in [1.29, 1.82) is 0 Å². The van der Waals surface area contributed by atoms with Gasteiger partial charge in [-0.25, -0.2) is 4.89 Å². The molecule has 1 aromatic carbocycles. The number of allylic oxidation sites excluding steroid dienone is 4. The molecule has 172 valence electrons. The number of ether oxygens (including phenoxy) is 2. The van der Waals surface area contributed by atoms with Crippen LogP contribution in [-0.2, 0) is 9.68 Å². The third-order valence-corrected chi connectivity index (χ3v) is 8.93. The highest BCUT2D eigenvalue weighted by atomic mass is 17.1. The predicted octanol–water partition coefficient (Wildman–Crippen LogP) is 5.42. The van der Waals surface area contributed by atoms with Gasteiger partial charge in [-0.15, -0.1) is 5.92 Å². The van der Waals surface area contributed by atoms with Crippen molar-refractivity contribution in [2.45, 2.75) is 64.4 Å². The molecule has 1 aromatic rings. The average Bonchev–Trinajstić information content (AvgIpc) is 3.39. The molecule has 6 rings (SSSR count). The quantitative estimate of drug-likeness (QED) is 0.373. The zero-order valence-corrected chi connectivity index (χ0v) is 19.2. The Bertz CT molecular complexity index is 1130. The molecule has 0 saturated heterocycles. The maximum Gasteiger partial charge on any atom is 0.231 e. The molecule has 0 bridgehead atoms. The van der Waals surface area contributed by atoms with Crippen molar-refractivity contribution in [3.05, 3.63) is 46.6 Å². The molecule has 6 atom stereocenters. The van der Waals surface area contributed by atoms with E-state index >= 15 is 0 Å². The Morgan fingerprint density at radius 1 is 1.18 bits per heavy atom. The van der Waals surface area contributed by atoms with Crippen LogP contribution < -0.4 is 9.47 Å². The van der Waals surface area contributed by atoms with E-state index in [9.17, 15) is 10.1 Å². The normalized spacial score (nSPS) is 36.4. The van der Waals surface area contributed by atoms with E-state index in [0.717, 1.165) is 43.6 Å². The summed E-state index contributed by atoms with van der Waals surface area (Å²) in [5.74, 6) is 9.24. The summed E-state index contributed by atoms with van der Waals surface area (Å²) in [7, 11) is 0. The number of rotatable bonds is 2. The van der Waals surface area contributed by atoms with Crippen molar-refractivity contribution in [3.63, 3.8) is 0 Å². The first-order chi connectivity index (χ1) is 16.0. The van der Waals surface area contributed by atoms with Crippen LogP contribution in [0.15, 0.2) is 41.0 Å². The summed E-state index contributed by atoms with van der Waals surface area (Å²) in [5.41, 5.74) is 5.17. The van der Waals surface area contributed by atoms with Crippen LogP contribution in [0, 0.1) is 35.0 Å². The summed E-state index contributed by atoms with van der Waals surface area (Å²) in [6.45, 7) is 4.40. The first-order valence-corrected chi connectivity index (χ1v) is 12.1. The number of fused-ring (bicyclic) bond motifs is 5. The van der Waals surface area contributed by atoms with Crippen molar-refractivity contribution < 1.29 is 24.4 Å². The van der Waals surface area contributed by atoms with E-state index < -0.39 is 0 Å². The second kappa shape index (κ2) is 7.75. The summed E-state index contributed by atoms with van der Waals surface area (Å²) >= 11 is 0. The lowest BCUT2D eigenvalue weighted by Crippen LogP contribution is -2.46. The lowest BCUT2D eigenvalue weighted by Gasteiger charge is -2.52. The molecule has 2 fully saturated rings. The molecule has 5 nitrogen and oxygen atoms in total. The maximum absolute atomic E-state index is 12.2. The standard InChI is InChI=1S/C28H30O5/c1-3-4-18-12-23-21-8-5-16-11-19(29)7-9-20(16)26(21)22(14-28(23,2)27(18)33-30)17-6-10-24-25(13-17)32-15-31-24/h6,10-11,13,18,21-23,27,30H,5,7-9,12,14-15H2,1-2H3/t18?,21-,22+,23-,27-,28-/m0/s1. The van der Waals surface area contributed by atoms with Crippen molar-refractivity contribution in [2.75, 3.05) is 6.79 Å². The molecule has 33 heavy (non-hydrogen) atoms. The van der Waals surface area contributed by atoms with Gasteiger partial charge in [-0.05, 0) is 85.8 Å².